The summed E-state index contributed by atoms with van der Waals surface area (Å²) in [5.41, 5.74) is 5.67. The van der Waals surface area contributed by atoms with Crippen molar-refractivity contribution in [3.05, 3.63) is 12.7 Å². The van der Waals surface area contributed by atoms with Crippen LogP contribution in [0.4, 0.5) is 11.9 Å². The van der Waals surface area contributed by atoms with Gasteiger partial charge in [-0.1, -0.05) is 0 Å². The zero-order valence-electron chi connectivity index (χ0n) is 11.7. The lowest BCUT2D eigenvalue weighted by molar-refractivity contribution is 0.396. The minimum absolute atomic E-state index is 0.154. The fourth-order valence-electron chi connectivity index (χ4n) is 1.63. The van der Waals surface area contributed by atoms with Gasteiger partial charge in [0.15, 0.2) is 0 Å². The van der Waals surface area contributed by atoms with Crippen molar-refractivity contribution in [2.45, 2.75) is 12.8 Å². The first-order valence-corrected chi connectivity index (χ1v) is 6.40. The molecule has 2 rings (SSSR count). The number of aromatic nitrogens is 6. The first kappa shape index (κ1) is 14.1. The number of anilines is 2. The molecule has 0 bridgehead atoms. The van der Waals surface area contributed by atoms with Crippen molar-refractivity contribution in [1.29, 1.82) is 0 Å². The summed E-state index contributed by atoms with van der Waals surface area (Å²) >= 11 is 0. The van der Waals surface area contributed by atoms with E-state index in [-0.39, 0.29) is 5.95 Å². The molecule has 2 aromatic heterocycles. The lowest BCUT2D eigenvalue weighted by atomic mass is 10.3. The quantitative estimate of drug-likeness (QED) is 0.669. The monoisotopic (exact) mass is 277 g/mol. The zero-order valence-corrected chi connectivity index (χ0v) is 11.7. The van der Waals surface area contributed by atoms with Gasteiger partial charge >= 0.3 is 0 Å². The molecule has 0 aliphatic carbocycles. The van der Waals surface area contributed by atoms with Crippen LogP contribution in [0, 0.1) is 0 Å². The molecule has 9 heteroatoms. The van der Waals surface area contributed by atoms with Gasteiger partial charge in [-0.3, -0.25) is 0 Å². The molecule has 0 amide bonds. The number of nitrogens with one attached hydrogen (secondary N) is 1. The molecule has 0 unspecified atom stereocenters. The Balaban J connectivity index is 1.92. The third-order valence-electron chi connectivity index (χ3n) is 2.58. The number of unbranched alkanes of at least 4 members (excludes halogenated alkanes) is 1. The predicted octanol–water partition coefficient (Wildman–Crippen LogP) is -0.212. The minimum atomic E-state index is 0.154. The first-order chi connectivity index (χ1) is 9.65. The van der Waals surface area contributed by atoms with Crippen LogP contribution in [0.2, 0.25) is 0 Å². The molecule has 108 valence electrons. The fourth-order valence-corrected chi connectivity index (χ4v) is 1.63. The SMILES string of the molecule is CN(C)CCCCNc1nc(N)nc(-n2cncn2)n1. The van der Waals surface area contributed by atoms with Crippen LogP contribution in [-0.2, 0) is 0 Å². The van der Waals surface area contributed by atoms with Gasteiger partial charge < -0.3 is 16.0 Å². The van der Waals surface area contributed by atoms with Gasteiger partial charge in [0.25, 0.3) is 5.95 Å². The number of rotatable bonds is 7. The standard InChI is InChI=1S/C11H19N9/c1-19(2)6-4-3-5-14-10-16-9(12)17-11(18-10)20-8-13-7-15-20/h7-8H,3-6H2,1-2H3,(H3,12,14,16,17,18). The molecule has 2 heterocycles. The second kappa shape index (κ2) is 6.75. The van der Waals surface area contributed by atoms with E-state index in [0.29, 0.717) is 11.9 Å². The van der Waals surface area contributed by atoms with Crippen molar-refractivity contribution in [2.24, 2.45) is 0 Å². The summed E-state index contributed by atoms with van der Waals surface area (Å²) in [7, 11) is 4.12. The van der Waals surface area contributed by atoms with E-state index in [1.165, 1.54) is 17.3 Å². The number of nitrogens with two attached hydrogens (primary N) is 1. The summed E-state index contributed by atoms with van der Waals surface area (Å²) in [5.74, 6) is 0.958. The van der Waals surface area contributed by atoms with Gasteiger partial charge in [-0.05, 0) is 33.5 Å². The predicted molar refractivity (Wildman–Crippen MR) is 75.4 cm³/mol. The van der Waals surface area contributed by atoms with Crippen molar-refractivity contribution in [2.75, 3.05) is 38.2 Å². The molecular formula is C11H19N9. The number of nitrogens with zero attached hydrogens (tertiary/aromatic N) is 7. The third kappa shape index (κ3) is 4.12. The Hall–Kier alpha value is -2.29. The van der Waals surface area contributed by atoms with Crippen LogP contribution in [0.3, 0.4) is 0 Å². The van der Waals surface area contributed by atoms with E-state index in [2.05, 4.69) is 49.3 Å². The molecule has 0 spiro atoms. The average Bonchev–Trinajstić information content (AvgIpc) is 2.91. The van der Waals surface area contributed by atoms with E-state index in [0.717, 1.165) is 25.9 Å². The molecule has 9 nitrogen and oxygen atoms in total. The van der Waals surface area contributed by atoms with Gasteiger partial charge in [-0.15, -0.1) is 0 Å². The molecule has 0 fully saturated rings. The van der Waals surface area contributed by atoms with Crippen LogP contribution >= 0.6 is 0 Å². The topological polar surface area (TPSA) is 111 Å². The fraction of sp³-hybridized carbons (Fsp3) is 0.545. The van der Waals surface area contributed by atoms with Crippen molar-refractivity contribution in [3.63, 3.8) is 0 Å². The second-order valence-corrected chi connectivity index (χ2v) is 4.59. The Kier molecular flexibility index (Phi) is 4.77. The van der Waals surface area contributed by atoms with E-state index in [1.54, 1.807) is 0 Å². The van der Waals surface area contributed by atoms with Crippen molar-refractivity contribution in [1.82, 2.24) is 34.6 Å². The molecule has 3 N–H and O–H groups in total. The number of hydrogen-bond donors (Lipinski definition) is 2. The van der Waals surface area contributed by atoms with Crippen LogP contribution in [0.15, 0.2) is 12.7 Å². The Morgan fingerprint density at radius 2 is 2.10 bits per heavy atom. The normalized spacial score (nSPS) is 10.9. The van der Waals surface area contributed by atoms with Gasteiger partial charge in [0.05, 0.1) is 0 Å². The van der Waals surface area contributed by atoms with Gasteiger partial charge in [-0.25, -0.2) is 4.98 Å². The summed E-state index contributed by atoms with van der Waals surface area (Å²) < 4.78 is 1.44. The van der Waals surface area contributed by atoms with Crippen LogP contribution in [0.5, 0.6) is 0 Å². The molecule has 0 atom stereocenters. The summed E-state index contributed by atoms with van der Waals surface area (Å²) in [6.07, 6.45) is 5.06. The van der Waals surface area contributed by atoms with Crippen LogP contribution < -0.4 is 11.1 Å². The maximum atomic E-state index is 5.67. The largest absolute Gasteiger partial charge is 0.368 e. The molecule has 0 aromatic carbocycles. The minimum Gasteiger partial charge on any atom is -0.368 e. The van der Waals surface area contributed by atoms with E-state index in [4.69, 9.17) is 5.73 Å². The second-order valence-electron chi connectivity index (χ2n) is 4.59. The number of hydrogen-bond acceptors (Lipinski definition) is 8. The lowest BCUT2D eigenvalue weighted by Gasteiger charge is -2.09. The van der Waals surface area contributed by atoms with Crippen LogP contribution in [0.1, 0.15) is 12.8 Å². The van der Waals surface area contributed by atoms with Crippen molar-refractivity contribution in [3.8, 4) is 5.95 Å². The van der Waals surface area contributed by atoms with Gasteiger partial charge in [0.2, 0.25) is 11.9 Å². The zero-order chi connectivity index (χ0) is 14.4. The lowest BCUT2D eigenvalue weighted by Crippen LogP contribution is -2.15. The molecule has 2 aromatic rings. The highest BCUT2D eigenvalue weighted by atomic mass is 15.4. The molecule has 20 heavy (non-hydrogen) atoms. The molecule has 0 saturated carbocycles. The summed E-state index contributed by atoms with van der Waals surface area (Å²) in [6.45, 7) is 1.85. The molecule has 0 saturated heterocycles. The van der Waals surface area contributed by atoms with E-state index in [1.807, 2.05) is 0 Å². The Bertz CT molecular complexity index is 523. The van der Waals surface area contributed by atoms with Crippen LogP contribution in [0.25, 0.3) is 5.95 Å². The molecule has 0 aliphatic rings. The van der Waals surface area contributed by atoms with E-state index in [9.17, 15) is 0 Å². The Morgan fingerprint density at radius 3 is 2.80 bits per heavy atom. The maximum Gasteiger partial charge on any atom is 0.258 e. The Labute approximate surface area is 117 Å². The summed E-state index contributed by atoms with van der Waals surface area (Å²) in [4.78, 5) is 18.3. The first-order valence-electron chi connectivity index (χ1n) is 6.40. The summed E-state index contributed by atoms with van der Waals surface area (Å²) in [5, 5.41) is 7.10. The number of nitrogen functional groups attached to an aromatic ring is 1. The van der Waals surface area contributed by atoms with Crippen LogP contribution in [-0.4, -0.2) is 61.8 Å². The highest BCUT2D eigenvalue weighted by molar-refractivity contribution is 5.34. The molecule has 0 aliphatic heterocycles. The molecule has 0 radical (unpaired) electrons. The van der Waals surface area contributed by atoms with Gasteiger partial charge in [-0.2, -0.15) is 24.7 Å². The Morgan fingerprint density at radius 1 is 1.25 bits per heavy atom. The average molecular weight is 277 g/mol. The smallest absolute Gasteiger partial charge is 0.258 e. The summed E-state index contributed by atoms with van der Waals surface area (Å²) in [6, 6.07) is 0. The maximum absolute atomic E-state index is 5.67. The molecular weight excluding hydrogens is 258 g/mol. The van der Waals surface area contributed by atoms with Crippen molar-refractivity contribution < 1.29 is 0 Å². The van der Waals surface area contributed by atoms with Crippen molar-refractivity contribution >= 4 is 11.9 Å². The van der Waals surface area contributed by atoms with E-state index < -0.39 is 0 Å². The van der Waals surface area contributed by atoms with Gasteiger partial charge in [0.1, 0.15) is 12.7 Å². The van der Waals surface area contributed by atoms with Gasteiger partial charge in [0, 0.05) is 6.54 Å². The third-order valence-corrected chi connectivity index (χ3v) is 2.58. The highest BCUT2D eigenvalue weighted by Gasteiger charge is 2.06. The highest BCUT2D eigenvalue weighted by Crippen LogP contribution is 2.06. The van der Waals surface area contributed by atoms with E-state index >= 15 is 0 Å².